The van der Waals surface area contributed by atoms with Crippen molar-refractivity contribution < 1.29 is 14.3 Å². The lowest BCUT2D eigenvalue weighted by atomic mass is 10.1. The summed E-state index contributed by atoms with van der Waals surface area (Å²) in [6.45, 7) is 2.25. The van der Waals surface area contributed by atoms with E-state index in [1.54, 1.807) is 24.1 Å². The number of nitrogens with zero attached hydrogens (tertiary/aromatic N) is 2. The molecule has 0 N–H and O–H groups in total. The van der Waals surface area contributed by atoms with E-state index in [1.807, 2.05) is 47.4 Å². The standard InChI is InChI=1S/C21H24N2O3/c1-26-19-10-6-5-9-18(19)21(25)23-15-13-22(14-16-23)20(24)12-11-17-7-3-2-4-8-17/h2-10H,11-16H2,1H3. The number of hydrogen-bond donors (Lipinski definition) is 0. The van der Waals surface area contributed by atoms with Gasteiger partial charge in [-0.3, -0.25) is 9.59 Å². The number of carbonyl (C=O) groups is 2. The highest BCUT2D eigenvalue weighted by atomic mass is 16.5. The lowest BCUT2D eigenvalue weighted by molar-refractivity contribution is -0.132. The van der Waals surface area contributed by atoms with Gasteiger partial charge in [-0.2, -0.15) is 0 Å². The summed E-state index contributed by atoms with van der Waals surface area (Å²) in [6.07, 6.45) is 1.25. The number of piperazine rings is 1. The van der Waals surface area contributed by atoms with Crippen LogP contribution in [0, 0.1) is 0 Å². The Morgan fingerprint density at radius 2 is 1.50 bits per heavy atom. The van der Waals surface area contributed by atoms with Crippen LogP contribution in [0.15, 0.2) is 54.6 Å². The summed E-state index contributed by atoms with van der Waals surface area (Å²) in [6, 6.07) is 17.3. The Kier molecular flexibility index (Phi) is 5.89. The van der Waals surface area contributed by atoms with Crippen LogP contribution in [0.1, 0.15) is 22.3 Å². The van der Waals surface area contributed by atoms with Gasteiger partial charge >= 0.3 is 0 Å². The molecule has 1 fully saturated rings. The van der Waals surface area contributed by atoms with Crippen LogP contribution in [0.5, 0.6) is 5.75 Å². The fraction of sp³-hybridized carbons (Fsp3) is 0.333. The quantitative estimate of drug-likeness (QED) is 0.831. The van der Waals surface area contributed by atoms with Crippen LogP contribution in [-0.4, -0.2) is 54.9 Å². The zero-order valence-electron chi connectivity index (χ0n) is 15.1. The minimum atomic E-state index is -0.0427. The SMILES string of the molecule is COc1ccccc1C(=O)N1CCN(C(=O)CCc2ccccc2)CC1. The molecule has 5 nitrogen and oxygen atoms in total. The molecule has 0 bridgehead atoms. The molecule has 2 aromatic carbocycles. The molecule has 2 amide bonds. The van der Waals surface area contributed by atoms with E-state index in [9.17, 15) is 9.59 Å². The van der Waals surface area contributed by atoms with Crippen molar-refractivity contribution >= 4 is 11.8 Å². The average molecular weight is 352 g/mol. The van der Waals surface area contributed by atoms with Gasteiger partial charge in [-0.15, -0.1) is 0 Å². The van der Waals surface area contributed by atoms with Crippen molar-refractivity contribution in [2.75, 3.05) is 33.3 Å². The number of carbonyl (C=O) groups excluding carboxylic acids is 2. The second-order valence-electron chi connectivity index (χ2n) is 6.36. The van der Waals surface area contributed by atoms with E-state index < -0.39 is 0 Å². The maximum atomic E-state index is 12.7. The number of para-hydroxylation sites is 1. The average Bonchev–Trinajstić information content (AvgIpc) is 2.72. The predicted molar refractivity (Wildman–Crippen MR) is 100 cm³/mol. The highest BCUT2D eigenvalue weighted by Crippen LogP contribution is 2.20. The third-order valence-corrected chi connectivity index (χ3v) is 4.73. The Hall–Kier alpha value is -2.82. The minimum absolute atomic E-state index is 0.0427. The van der Waals surface area contributed by atoms with Crippen molar-refractivity contribution in [3.05, 3.63) is 65.7 Å². The van der Waals surface area contributed by atoms with E-state index in [0.717, 1.165) is 6.42 Å². The van der Waals surface area contributed by atoms with Crippen LogP contribution < -0.4 is 4.74 Å². The largest absolute Gasteiger partial charge is 0.496 e. The molecule has 0 spiro atoms. The van der Waals surface area contributed by atoms with Gasteiger partial charge in [0.2, 0.25) is 5.91 Å². The molecule has 0 aliphatic carbocycles. The number of methoxy groups -OCH3 is 1. The molecule has 2 aromatic rings. The first-order valence-corrected chi connectivity index (χ1v) is 8.93. The lowest BCUT2D eigenvalue weighted by Crippen LogP contribution is -2.50. The Bertz CT molecular complexity index is 753. The number of hydrogen-bond acceptors (Lipinski definition) is 3. The number of ether oxygens (including phenoxy) is 1. The van der Waals surface area contributed by atoms with Crippen molar-refractivity contribution in [2.24, 2.45) is 0 Å². The van der Waals surface area contributed by atoms with Crippen LogP contribution in [0.3, 0.4) is 0 Å². The predicted octanol–water partition coefficient (Wildman–Crippen LogP) is 2.61. The topological polar surface area (TPSA) is 49.9 Å². The maximum Gasteiger partial charge on any atom is 0.257 e. The fourth-order valence-electron chi connectivity index (χ4n) is 3.20. The third-order valence-electron chi connectivity index (χ3n) is 4.73. The van der Waals surface area contributed by atoms with Gasteiger partial charge in [0, 0.05) is 32.6 Å². The number of amides is 2. The summed E-state index contributed by atoms with van der Waals surface area (Å²) in [7, 11) is 1.56. The van der Waals surface area contributed by atoms with Crippen LogP contribution in [-0.2, 0) is 11.2 Å². The van der Waals surface area contributed by atoms with Gasteiger partial charge in [0.1, 0.15) is 5.75 Å². The zero-order chi connectivity index (χ0) is 18.4. The summed E-state index contributed by atoms with van der Waals surface area (Å²) in [4.78, 5) is 28.8. The fourth-order valence-corrected chi connectivity index (χ4v) is 3.20. The highest BCUT2D eigenvalue weighted by Gasteiger charge is 2.26. The van der Waals surface area contributed by atoms with Crippen molar-refractivity contribution in [1.82, 2.24) is 9.80 Å². The van der Waals surface area contributed by atoms with Crippen LogP contribution in [0.2, 0.25) is 0 Å². The van der Waals surface area contributed by atoms with E-state index >= 15 is 0 Å². The molecule has 0 atom stereocenters. The maximum absolute atomic E-state index is 12.7. The van der Waals surface area contributed by atoms with Gasteiger partial charge in [-0.1, -0.05) is 42.5 Å². The Balaban J connectivity index is 1.52. The molecule has 0 saturated carbocycles. The Morgan fingerprint density at radius 3 is 2.19 bits per heavy atom. The highest BCUT2D eigenvalue weighted by molar-refractivity contribution is 5.97. The molecule has 26 heavy (non-hydrogen) atoms. The smallest absolute Gasteiger partial charge is 0.257 e. The molecular weight excluding hydrogens is 328 g/mol. The molecule has 0 aromatic heterocycles. The van der Waals surface area contributed by atoms with Gasteiger partial charge in [0.25, 0.3) is 5.91 Å². The molecule has 5 heteroatoms. The van der Waals surface area contributed by atoms with Crippen molar-refractivity contribution in [1.29, 1.82) is 0 Å². The van der Waals surface area contributed by atoms with Crippen LogP contribution in [0.25, 0.3) is 0 Å². The molecule has 0 unspecified atom stereocenters. The number of benzene rings is 2. The molecule has 1 heterocycles. The van der Waals surface area contributed by atoms with E-state index in [2.05, 4.69) is 0 Å². The van der Waals surface area contributed by atoms with Crippen LogP contribution in [0.4, 0.5) is 0 Å². The minimum Gasteiger partial charge on any atom is -0.496 e. The zero-order valence-corrected chi connectivity index (χ0v) is 15.1. The van der Waals surface area contributed by atoms with Crippen molar-refractivity contribution in [3.63, 3.8) is 0 Å². The summed E-state index contributed by atoms with van der Waals surface area (Å²) in [5.74, 6) is 0.691. The summed E-state index contributed by atoms with van der Waals surface area (Å²) >= 11 is 0. The second-order valence-corrected chi connectivity index (χ2v) is 6.36. The van der Waals surface area contributed by atoms with E-state index in [0.29, 0.717) is 43.9 Å². The summed E-state index contributed by atoms with van der Waals surface area (Å²) in [5.41, 5.74) is 1.74. The van der Waals surface area contributed by atoms with Crippen molar-refractivity contribution in [3.8, 4) is 5.75 Å². The molecule has 3 rings (SSSR count). The monoisotopic (exact) mass is 352 g/mol. The number of aryl methyl sites for hydroxylation is 1. The van der Waals surface area contributed by atoms with Gasteiger partial charge in [0.15, 0.2) is 0 Å². The number of rotatable bonds is 5. The van der Waals surface area contributed by atoms with Gasteiger partial charge in [-0.05, 0) is 24.1 Å². The Labute approximate surface area is 154 Å². The Morgan fingerprint density at radius 1 is 0.885 bits per heavy atom. The summed E-state index contributed by atoms with van der Waals surface area (Å²) in [5, 5.41) is 0. The normalized spacial score (nSPS) is 14.2. The van der Waals surface area contributed by atoms with Gasteiger partial charge < -0.3 is 14.5 Å². The van der Waals surface area contributed by atoms with Crippen LogP contribution >= 0.6 is 0 Å². The van der Waals surface area contributed by atoms with Gasteiger partial charge in [-0.25, -0.2) is 0 Å². The molecular formula is C21H24N2O3. The van der Waals surface area contributed by atoms with Gasteiger partial charge in [0.05, 0.1) is 12.7 Å². The lowest BCUT2D eigenvalue weighted by Gasteiger charge is -2.35. The first-order chi connectivity index (χ1) is 12.7. The third kappa shape index (κ3) is 4.23. The summed E-state index contributed by atoms with van der Waals surface area (Å²) < 4.78 is 5.28. The van der Waals surface area contributed by atoms with E-state index in [1.165, 1.54) is 5.56 Å². The van der Waals surface area contributed by atoms with E-state index in [-0.39, 0.29) is 11.8 Å². The second kappa shape index (κ2) is 8.52. The molecule has 136 valence electrons. The first kappa shape index (κ1) is 18.0. The molecule has 0 radical (unpaired) electrons. The molecule has 1 aliphatic rings. The molecule has 1 aliphatic heterocycles. The first-order valence-electron chi connectivity index (χ1n) is 8.93. The van der Waals surface area contributed by atoms with E-state index in [4.69, 9.17) is 4.74 Å². The molecule has 1 saturated heterocycles. The van der Waals surface area contributed by atoms with Crippen molar-refractivity contribution in [2.45, 2.75) is 12.8 Å².